The molecule has 17 heteroatoms. The Labute approximate surface area is 299 Å². The predicted molar refractivity (Wildman–Crippen MR) is 193 cm³/mol. The van der Waals surface area contributed by atoms with Crippen LogP contribution in [0.1, 0.15) is 103 Å². The average Bonchev–Trinajstić information content (AvgIpc) is 3.11. The zero-order valence-electron chi connectivity index (χ0n) is 31.1. The monoisotopic (exact) mass is 731 g/mol. The largest absolute Gasteiger partial charge is 0.500 e. The second-order valence-corrected chi connectivity index (χ2v) is 15.1. The molecule has 0 saturated heterocycles. The summed E-state index contributed by atoms with van der Waals surface area (Å²) in [6.07, 6.45) is 8.47. The number of carbonyl (C=O) groups excluding carboxylic acids is 6. The second kappa shape index (κ2) is 30.7. The molecule has 0 aromatic rings. The zero-order valence-corrected chi connectivity index (χ0v) is 32.1. The van der Waals surface area contributed by atoms with Gasteiger partial charge in [0, 0.05) is 79.1 Å². The van der Waals surface area contributed by atoms with Gasteiger partial charge in [-0.1, -0.05) is 32.6 Å². The Balaban J connectivity index is 3.89. The van der Waals surface area contributed by atoms with Crippen molar-refractivity contribution >= 4 is 44.2 Å². The first-order chi connectivity index (χ1) is 24.1. The number of carbonyl (C=O) groups is 6. The quantitative estimate of drug-likeness (QED) is 0.0296. The Morgan fingerprint density at radius 1 is 0.540 bits per heavy atom. The highest BCUT2D eigenvalue weighted by Crippen LogP contribution is 2.14. The summed E-state index contributed by atoms with van der Waals surface area (Å²) in [5.41, 5.74) is 0. The van der Waals surface area contributed by atoms with Crippen molar-refractivity contribution in [1.82, 2.24) is 37.2 Å². The van der Waals surface area contributed by atoms with Crippen molar-refractivity contribution < 1.29 is 42.0 Å². The van der Waals surface area contributed by atoms with Gasteiger partial charge in [0.05, 0.1) is 6.67 Å². The van der Waals surface area contributed by atoms with Gasteiger partial charge in [0.25, 0.3) is 0 Å². The van der Waals surface area contributed by atoms with Crippen LogP contribution in [0.15, 0.2) is 0 Å². The third-order valence-corrected chi connectivity index (χ3v) is 10.8. The van der Waals surface area contributed by atoms with E-state index < -0.39 is 14.8 Å². The first-order valence-electron chi connectivity index (χ1n) is 18.0. The minimum absolute atomic E-state index is 0.00900. The van der Waals surface area contributed by atoms with Crippen LogP contribution in [0.2, 0.25) is 6.04 Å². The molecular weight excluding hydrogens is 666 g/mol. The van der Waals surface area contributed by atoms with Crippen molar-refractivity contribution in [2.24, 2.45) is 0 Å². The van der Waals surface area contributed by atoms with Gasteiger partial charge in [-0.3, -0.25) is 28.8 Å². The third kappa shape index (κ3) is 24.9. The van der Waals surface area contributed by atoms with Crippen molar-refractivity contribution in [2.45, 2.75) is 115 Å². The van der Waals surface area contributed by atoms with Crippen LogP contribution in [0.4, 0.5) is 0 Å². The number of rotatable bonds is 32. The molecule has 0 aliphatic carbocycles. The van der Waals surface area contributed by atoms with Crippen molar-refractivity contribution in [2.75, 3.05) is 61.2 Å². The van der Waals surface area contributed by atoms with Crippen molar-refractivity contribution in [3.8, 4) is 0 Å². The highest BCUT2D eigenvalue weighted by atomic mass is 28.4. The normalized spacial score (nSPS) is 11.7. The van der Waals surface area contributed by atoms with E-state index in [0.29, 0.717) is 51.4 Å². The minimum atomic E-state index is -2.65. The summed E-state index contributed by atoms with van der Waals surface area (Å²) in [4.78, 5) is 73.0. The van der Waals surface area contributed by atoms with Gasteiger partial charge in [0.1, 0.15) is 6.04 Å². The van der Waals surface area contributed by atoms with E-state index in [9.17, 15) is 28.8 Å². The molecule has 16 nitrogen and oxygen atoms in total. The number of nitrogens with one attached hydrogen (secondary N) is 7. The fourth-order valence-corrected chi connectivity index (χ4v) is 6.62. The van der Waals surface area contributed by atoms with Crippen molar-refractivity contribution in [1.29, 1.82) is 0 Å². The van der Waals surface area contributed by atoms with E-state index in [0.717, 1.165) is 51.5 Å². The lowest BCUT2D eigenvalue weighted by molar-refractivity contribution is -0.130. The summed E-state index contributed by atoms with van der Waals surface area (Å²) in [6, 6.07) is -0.0787. The lowest BCUT2D eigenvalue weighted by Crippen LogP contribution is -2.49. The molecule has 0 bridgehead atoms. The van der Waals surface area contributed by atoms with E-state index in [4.69, 9.17) is 13.3 Å². The number of unbranched alkanes of at least 4 members (excludes halogenated alkanes) is 5. The molecule has 7 N–H and O–H groups in total. The third-order valence-electron chi connectivity index (χ3n) is 7.93. The van der Waals surface area contributed by atoms with E-state index in [-0.39, 0.29) is 67.8 Å². The van der Waals surface area contributed by atoms with Gasteiger partial charge < -0.3 is 50.5 Å². The Kier molecular flexibility index (Phi) is 28.8. The van der Waals surface area contributed by atoms with Gasteiger partial charge in [0.15, 0.2) is 0 Å². The summed E-state index contributed by atoms with van der Waals surface area (Å²) in [5, 5.41) is 19.5. The highest BCUT2D eigenvalue weighted by molar-refractivity contribution is 6.60. The summed E-state index contributed by atoms with van der Waals surface area (Å²) in [5.74, 6) is -1.47. The first kappa shape index (κ1) is 46.9. The smallest absolute Gasteiger partial charge is 0.377 e. The van der Waals surface area contributed by atoms with Crippen molar-refractivity contribution in [3.05, 3.63) is 0 Å². The maximum atomic E-state index is 12.5. The van der Waals surface area contributed by atoms with Crippen molar-refractivity contribution in [3.63, 3.8) is 0 Å². The van der Waals surface area contributed by atoms with Crippen LogP contribution in [-0.2, 0) is 42.0 Å². The van der Waals surface area contributed by atoms with Crippen LogP contribution in [0.25, 0.3) is 0 Å². The molecule has 0 heterocycles. The Morgan fingerprint density at radius 3 is 1.48 bits per heavy atom. The van der Waals surface area contributed by atoms with Crippen LogP contribution < -0.4 is 37.2 Å². The van der Waals surface area contributed by atoms with Crippen LogP contribution in [-0.4, -0.2) is 112 Å². The van der Waals surface area contributed by atoms with Gasteiger partial charge in [-0.2, -0.15) is 0 Å². The van der Waals surface area contributed by atoms with E-state index in [2.05, 4.69) is 37.2 Å². The lowest BCUT2D eigenvalue weighted by Gasteiger charge is -2.24. The van der Waals surface area contributed by atoms with E-state index in [1.165, 1.54) is 0 Å². The standard InChI is InChI=1S/C33H65N7O9Si/c1-6-15-27(40-32(45)16-10-9-11-21-34-2)33(46)39-26-38-31(44)20-19-29(42)36-23-13-8-7-12-22-35-28(41)17-18-30(43)37-24-14-25-50(47-3,48-4)49-5/h27,34H,6-26H2,1-5H3,(H,35,41)(H,36,42)(H,37,43)(H,38,44)(H,39,46)(H,40,45). The SMILES string of the molecule is CCCC(NC(=O)CCCCCNC)C(=O)NCNC(=O)CCC(=O)NCCCCCCNC(=O)CCC(=O)NCCC[Si](OC)(OC)OC. The Bertz CT molecular complexity index is 979. The minimum Gasteiger partial charge on any atom is -0.377 e. The molecule has 0 rings (SSSR count). The van der Waals surface area contributed by atoms with Crippen LogP contribution >= 0.6 is 0 Å². The number of hydrogen-bond acceptors (Lipinski definition) is 10. The molecular formula is C33H65N7O9Si. The Morgan fingerprint density at radius 2 is 1.00 bits per heavy atom. The fourth-order valence-electron chi connectivity index (χ4n) is 4.90. The van der Waals surface area contributed by atoms with Gasteiger partial charge >= 0.3 is 8.80 Å². The maximum absolute atomic E-state index is 12.5. The van der Waals surface area contributed by atoms with E-state index in [1.807, 2.05) is 14.0 Å². The molecule has 50 heavy (non-hydrogen) atoms. The second-order valence-electron chi connectivity index (χ2n) is 12.0. The molecule has 1 unspecified atom stereocenters. The molecule has 0 aromatic heterocycles. The highest BCUT2D eigenvalue weighted by Gasteiger charge is 2.36. The molecule has 0 aliphatic rings. The molecule has 0 spiro atoms. The van der Waals surface area contributed by atoms with E-state index in [1.54, 1.807) is 21.3 Å². The van der Waals surface area contributed by atoms with Gasteiger partial charge in [0.2, 0.25) is 35.4 Å². The molecule has 0 aliphatic heterocycles. The van der Waals surface area contributed by atoms with E-state index >= 15 is 0 Å². The predicted octanol–water partition coefficient (Wildman–Crippen LogP) is 0.979. The van der Waals surface area contributed by atoms with Gasteiger partial charge in [-0.05, 0) is 52.1 Å². The lowest BCUT2D eigenvalue weighted by atomic mass is 10.1. The van der Waals surface area contributed by atoms with Crippen LogP contribution in [0.3, 0.4) is 0 Å². The zero-order chi connectivity index (χ0) is 37.5. The topological polar surface area (TPSA) is 214 Å². The molecule has 0 fully saturated rings. The summed E-state index contributed by atoms with van der Waals surface area (Å²) in [6.45, 7) is 4.21. The summed E-state index contributed by atoms with van der Waals surface area (Å²) < 4.78 is 16.0. The maximum Gasteiger partial charge on any atom is 0.500 e. The first-order valence-corrected chi connectivity index (χ1v) is 19.9. The number of amides is 6. The summed E-state index contributed by atoms with van der Waals surface area (Å²) >= 11 is 0. The molecule has 290 valence electrons. The number of hydrogen-bond donors (Lipinski definition) is 7. The molecule has 6 amide bonds. The molecule has 0 aromatic carbocycles. The fraction of sp³-hybridized carbons (Fsp3) is 0.818. The van der Waals surface area contributed by atoms with Gasteiger partial charge in [-0.25, -0.2) is 0 Å². The Hall–Kier alpha value is -3.12. The van der Waals surface area contributed by atoms with Crippen LogP contribution in [0, 0.1) is 0 Å². The average molecular weight is 732 g/mol. The van der Waals surface area contributed by atoms with Gasteiger partial charge in [-0.15, -0.1) is 0 Å². The molecule has 0 radical (unpaired) electrons. The van der Waals surface area contributed by atoms with Crippen LogP contribution in [0.5, 0.6) is 0 Å². The molecule has 0 saturated carbocycles. The molecule has 1 atom stereocenters. The summed E-state index contributed by atoms with van der Waals surface area (Å²) in [7, 11) is 3.87.